The minimum absolute atomic E-state index is 0.696. The molecule has 4 rings (SSSR count). The number of hydrogen-bond acceptors (Lipinski definition) is 5. The molecule has 1 aromatic carbocycles. The summed E-state index contributed by atoms with van der Waals surface area (Å²) in [5.41, 5.74) is 2.03. The van der Waals surface area contributed by atoms with Crippen LogP contribution < -0.4 is 4.74 Å². The molecule has 0 unspecified atom stereocenters. The van der Waals surface area contributed by atoms with Gasteiger partial charge in [0.15, 0.2) is 0 Å². The molecule has 0 bridgehead atoms. The van der Waals surface area contributed by atoms with E-state index in [0.29, 0.717) is 5.89 Å². The Hall–Kier alpha value is -1.85. The fraction of sp³-hybridized carbons (Fsp3) is 0.591. The Kier molecular flexibility index (Phi) is 6.43. The number of rotatable bonds is 7. The summed E-state index contributed by atoms with van der Waals surface area (Å²) in [5.74, 6) is 1.61. The first-order chi connectivity index (χ1) is 13.4. The van der Waals surface area contributed by atoms with Gasteiger partial charge in [-0.15, -0.1) is 0 Å². The molecule has 146 valence electrons. The van der Waals surface area contributed by atoms with Crippen molar-refractivity contribution in [2.45, 2.75) is 45.1 Å². The van der Waals surface area contributed by atoms with E-state index in [1.165, 1.54) is 64.7 Å². The topological polar surface area (TPSA) is 41.7 Å². The number of likely N-dealkylation sites (tertiary alicyclic amines) is 2. The Morgan fingerprint density at radius 3 is 2.22 bits per heavy atom. The van der Waals surface area contributed by atoms with Crippen LogP contribution in [-0.2, 0) is 6.54 Å². The fourth-order valence-corrected chi connectivity index (χ4v) is 4.03. The monoisotopic (exact) mass is 369 g/mol. The molecule has 2 fully saturated rings. The van der Waals surface area contributed by atoms with Crippen molar-refractivity contribution in [2.75, 3.05) is 39.3 Å². The highest BCUT2D eigenvalue weighted by atomic mass is 16.5. The molecule has 2 aliphatic rings. The van der Waals surface area contributed by atoms with E-state index in [-0.39, 0.29) is 0 Å². The number of oxazole rings is 1. The van der Waals surface area contributed by atoms with E-state index >= 15 is 0 Å². The number of hydrogen-bond donors (Lipinski definition) is 0. The van der Waals surface area contributed by atoms with Crippen LogP contribution in [0.4, 0.5) is 0 Å². The first-order valence-corrected chi connectivity index (χ1v) is 10.5. The summed E-state index contributed by atoms with van der Waals surface area (Å²) in [5, 5.41) is 0. The largest absolute Gasteiger partial charge is 0.492 e. The van der Waals surface area contributed by atoms with Gasteiger partial charge in [-0.1, -0.05) is 12.8 Å². The van der Waals surface area contributed by atoms with Crippen LogP contribution in [0.5, 0.6) is 5.75 Å². The second kappa shape index (κ2) is 9.38. The second-order valence-electron chi connectivity index (χ2n) is 7.76. The number of nitrogens with zero attached hydrogens (tertiary/aromatic N) is 3. The maximum Gasteiger partial charge on any atom is 0.226 e. The van der Waals surface area contributed by atoms with Gasteiger partial charge in [-0.25, -0.2) is 4.98 Å². The van der Waals surface area contributed by atoms with Gasteiger partial charge in [0.1, 0.15) is 18.6 Å². The quantitative estimate of drug-likeness (QED) is 0.732. The van der Waals surface area contributed by atoms with Gasteiger partial charge in [-0.3, -0.25) is 9.80 Å². The van der Waals surface area contributed by atoms with Crippen molar-refractivity contribution in [1.29, 1.82) is 0 Å². The number of benzene rings is 1. The van der Waals surface area contributed by atoms with Gasteiger partial charge in [-0.05, 0) is 76.1 Å². The summed E-state index contributed by atoms with van der Waals surface area (Å²) in [6, 6.07) is 8.10. The summed E-state index contributed by atoms with van der Waals surface area (Å²) in [7, 11) is 0. The Bertz CT molecular complexity index is 686. The van der Waals surface area contributed by atoms with Crippen LogP contribution >= 0.6 is 0 Å². The lowest BCUT2D eigenvalue weighted by Gasteiger charge is -2.26. The highest BCUT2D eigenvalue weighted by Gasteiger charge is 2.14. The average Bonchev–Trinajstić information content (AvgIpc) is 3.19. The SMILES string of the molecule is c1cc(-c2nc(CN3CCCCC3)co2)ccc1OCCN1CCCCC1. The molecule has 3 heterocycles. The molecule has 27 heavy (non-hydrogen) atoms. The van der Waals surface area contributed by atoms with Crippen LogP contribution in [0, 0.1) is 0 Å². The first-order valence-electron chi connectivity index (χ1n) is 10.5. The van der Waals surface area contributed by atoms with E-state index in [0.717, 1.165) is 36.7 Å². The van der Waals surface area contributed by atoms with Crippen molar-refractivity contribution < 1.29 is 9.15 Å². The lowest BCUT2D eigenvalue weighted by molar-refractivity contribution is 0.183. The molecule has 1 aromatic heterocycles. The molecular formula is C22H31N3O2. The lowest BCUT2D eigenvalue weighted by atomic mass is 10.1. The molecule has 2 saturated heterocycles. The van der Waals surface area contributed by atoms with E-state index in [9.17, 15) is 0 Å². The number of ether oxygens (including phenoxy) is 1. The highest BCUT2D eigenvalue weighted by Crippen LogP contribution is 2.23. The Balaban J connectivity index is 1.27. The molecule has 0 amide bonds. The Morgan fingerprint density at radius 1 is 0.852 bits per heavy atom. The minimum Gasteiger partial charge on any atom is -0.492 e. The van der Waals surface area contributed by atoms with Gasteiger partial charge in [0.25, 0.3) is 0 Å². The van der Waals surface area contributed by atoms with Gasteiger partial charge in [0.05, 0.1) is 5.69 Å². The van der Waals surface area contributed by atoms with Gasteiger partial charge in [0.2, 0.25) is 5.89 Å². The molecule has 0 saturated carbocycles. The molecule has 0 spiro atoms. The van der Waals surface area contributed by atoms with Crippen LogP contribution in [0.2, 0.25) is 0 Å². The third-order valence-corrected chi connectivity index (χ3v) is 5.61. The summed E-state index contributed by atoms with van der Waals surface area (Å²) in [4.78, 5) is 9.63. The zero-order valence-electron chi connectivity index (χ0n) is 16.2. The van der Waals surface area contributed by atoms with Crippen LogP contribution in [0.3, 0.4) is 0 Å². The van der Waals surface area contributed by atoms with Crippen molar-refractivity contribution in [3.05, 3.63) is 36.2 Å². The highest BCUT2D eigenvalue weighted by molar-refractivity contribution is 5.54. The average molecular weight is 370 g/mol. The molecule has 2 aliphatic heterocycles. The minimum atomic E-state index is 0.696. The zero-order chi connectivity index (χ0) is 18.3. The lowest BCUT2D eigenvalue weighted by Crippen LogP contribution is -2.33. The van der Waals surface area contributed by atoms with Crippen molar-refractivity contribution in [1.82, 2.24) is 14.8 Å². The maximum atomic E-state index is 5.91. The molecule has 2 aromatic rings. The third-order valence-electron chi connectivity index (χ3n) is 5.61. The van der Waals surface area contributed by atoms with Crippen molar-refractivity contribution in [2.24, 2.45) is 0 Å². The van der Waals surface area contributed by atoms with Crippen LogP contribution in [0.15, 0.2) is 34.9 Å². The van der Waals surface area contributed by atoms with E-state index in [1.807, 2.05) is 24.3 Å². The molecule has 0 aliphatic carbocycles. The van der Waals surface area contributed by atoms with Crippen molar-refractivity contribution >= 4 is 0 Å². The number of piperidine rings is 2. The predicted octanol–water partition coefficient (Wildman–Crippen LogP) is 4.19. The molecule has 5 heteroatoms. The van der Waals surface area contributed by atoms with Gasteiger partial charge in [0, 0.05) is 18.7 Å². The fourth-order valence-electron chi connectivity index (χ4n) is 4.03. The van der Waals surface area contributed by atoms with E-state index in [1.54, 1.807) is 6.26 Å². The second-order valence-corrected chi connectivity index (χ2v) is 7.76. The van der Waals surface area contributed by atoms with Crippen molar-refractivity contribution in [3.8, 4) is 17.2 Å². The molecule has 0 N–H and O–H groups in total. The standard InChI is InChI=1S/C22H31N3O2/c1-3-11-24(12-4-1)15-16-26-21-9-7-19(8-10-21)22-23-20(18-27-22)17-25-13-5-2-6-14-25/h7-10,18H,1-6,11-17H2. The summed E-state index contributed by atoms with van der Waals surface area (Å²) < 4.78 is 11.6. The van der Waals surface area contributed by atoms with E-state index in [2.05, 4.69) is 14.8 Å². The van der Waals surface area contributed by atoms with Crippen LogP contribution in [0.25, 0.3) is 11.5 Å². The summed E-state index contributed by atoms with van der Waals surface area (Å²) in [6.07, 6.45) is 9.77. The normalized spacial score (nSPS) is 19.3. The molecule has 0 atom stereocenters. The predicted molar refractivity (Wildman–Crippen MR) is 107 cm³/mol. The maximum absolute atomic E-state index is 5.91. The molecule has 5 nitrogen and oxygen atoms in total. The Labute approximate surface area is 162 Å². The van der Waals surface area contributed by atoms with Gasteiger partial charge in [-0.2, -0.15) is 0 Å². The first kappa shape index (κ1) is 18.5. The smallest absolute Gasteiger partial charge is 0.226 e. The molecule has 0 radical (unpaired) electrons. The van der Waals surface area contributed by atoms with Gasteiger partial charge < -0.3 is 9.15 Å². The van der Waals surface area contributed by atoms with Gasteiger partial charge >= 0.3 is 0 Å². The van der Waals surface area contributed by atoms with E-state index in [4.69, 9.17) is 9.15 Å². The number of aromatic nitrogens is 1. The van der Waals surface area contributed by atoms with Crippen LogP contribution in [0.1, 0.15) is 44.2 Å². The summed E-state index contributed by atoms with van der Waals surface area (Å²) >= 11 is 0. The van der Waals surface area contributed by atoms with Crippen LogP contribution in [-0.4, -0.2) is 54.1 Å². The van der Waals surface area contributed by atoms with E-state index < -0.39 is 0 Å². The summed E-state index contributed by atoms with van der Waals surface area (Å²) in [6.45, 7) is 7.43. The third kappa shape index (κ3) is 5.33. The van der Waals surface area contributed by atoms with Crippen molar-refractivity contribution in [3.63, 3.8) is 0 Å². The molecular weight excluding hydrogens is 338 g/mol. The zero-order valence-corrected chi connectivity index (χ0v) is 16.2. The Morgan fingerprint density at radius 2 is 1.52 bits per heavy atom.